The van der Waals surface area contributed by atoms with E-state index in [4.69, 9.17) is 9.47 Å². The first-order valence-corrected chi connectivity index (χ1v) is 11.6. The summed E-state index contributed by atoms with van der Waals surface area (Å²) >= 11 is 0. The summed E-state index contributed by atoms with van der Waals surface area (Å²) in [6, 6.07) is 7.88. The van der Waals surface area contributed by atoms with E-state index in [0.29, 0.717) is 48.7 Å². The number of carbonyl (C=O) groups is 1. The van der Waals surface area contributed by atoms with Crippen LogP contribution in [0.1, 0.15) is 63.7 Å². The molecule has 0 radical (unpaired) electrons. The highest BCUT2D eigenvalue weighted by Crippen LogP contribution is 2.43. The molecule has 1 fully saturated rings. The molecule has 6 nitrogen and oxygen atoms in total. The molecule has 34 heavy (non-hydrogen) atoms. The zero-order chi connectivity index (χ0) is 24.9. The lowest BCUT2D eigenvalue weighted by atomic mass is 9.79. The van der Waals surface area contributed by atoms with Gasteiger partial charge in [0.25, 0.3) is 5.91 Å². The number of benzene rings is 1. The van der Waals surface area contributed by atoms with Gasteiger partial charge in [0.2, 0.25) is 0 Å². The third kappa shape index (κ3) is 4.50. The molecule has 188 valence electrons. The van der Waals surface area contributed by atoms with Crippen LogP contribution in [0.5, 0.6) is 11.5 Å². The van der Waals surface area contributed by atoms with Gasteiger partial charge >= 0.3 is 6.18 Å². The van der Waals surface area contributed by atoms with Crippen LogP contribution in [0.15, 0.2) is 30.3 Å². The molecular formula is C25H34F3N3O3. The first kappa shape index (κ1) is 24.4. The van der Waals surface area contributed by atoms with Gasteiger partial charge in [-0.3, -0.25) is 10.1 Å². The standard InChI is InChI=1S/C25H32F3N3O3.H2/c1-16(2)34-18-7-6-17(14-19(18)33-5)22(32)30-12-10-24(11-13-30)20-8-9-21(25(26,27)28)31(20)15-23(3,4)29-24;/h6-9,14,16,29H,10-13,15H2,1-5H3;1H. The summed E-state index contributed by atoms with van der Waals surface area (Å²) in [5.74, 6) is 0.924. The number of amides is 1. The minimum atomic E-state index is -4.41. The summed E-state index contributed by atoms with van der Waals surface area (Å²) in [4.78, 5) is 15.0. The van der Waals surface area contributed by atoms with Crippen LogP contribution in [0.4, 0.5) is 13.2 Å². The second-order valence-corrected chi connectivity index (χ2v) is 10.1. The highest BCUT2D eigenvalue weighted by molar-refractivity contribution is 5.95. The molecular weight excluding hydrogens is 447 g/mol. The Labute approximate surface area is 199 Å². The number of likely N-dealkylation sites (tertiary alicyclic amines) is 1. The van der Waals surface area contributed by atoms with E-state index in [9.17, 15) is 18.0 Å². The van der Waals surface area contributed by atoms with Gasteiger partial charge in [0.1, 0.15) is 5.69 Å². The van der Waals surface area contributed by atoms with Gasteiger partial charge in [0, 0.05) is 37.9 Å². The number of nitrogens with one attached hydrogen (secondary N) is 1. The van der Waals surface area contributed by atoms with Crippen LogP contribution in [0.25, 0.3) is 0 Å². The van der Waals surface area contributed by atoms with Crippen molar-refractivity contribution in [3.8, 4) is 11.5 Å². The van der Waals surface area contributed by atoms with Crippen molar-refractivity contribution in [3.05, 3.63) is 47.3 Å². The lowest BCUT2D eigenvalue weighted by molar-refractivity contribution is -0.144. The number of piperidine rings is 1. The Morgan fingerprint density at radius 2 is 1.79 bits per heavy atom. The number of carbonyl (C=O) groups excluding carboxylic acids is 1. The van der Waals surface area contributed by atoms with E-state index in [1.807, 2.05) is 27.7 Å². The quantitative estimate of drug-likeness (QED) is 0.663. The molecule has 1 amide bonds. The summed E-state index contributed by atoms with van der Waals surface area (Å²) in [5.41, 5.74) is -0.621. The van der Waals surface area contributed by atoms with Crippen molar-refractivity contribution in [2.24, 2.45) is 0 Å². The normalized spacial score (nSPS) is 19.3. The molecule has 0 atom stereocenters. The summed E-state index contributed by atoms with van der Waals surface area (Å²) < 4.78 is 53.4. The van der Waals surface area contributed by atoms with Crippen molar-refractivity contribution < 1.29 is 28.9 Å². The lowest BCUT2D eigenvalue weighted by Crippen LogP contribution is -2.63. The minimum Gasteiger partial charge on any atom is -0.493 e. The average Bonchev–Trinajstić information content (AvgIpc) is 3.17. The number of methoxy groups -OCH3 is 1. The van der Waals surface area contributed by atoms with Crippen molar-refractivity contribution in [2.75, 3.05) is 20.2 Å². The maximum Gasteiger partial charge on any atom is 0.431 e. The first-order valence-electron chi connectivity index (χ1n) is 11.6. The van der Waals surface area contributed by atoms with Crippen LogP contribution in [-0.2, 0) is 18.3 Å². The monoisotopic (exact) mass is 481 g/mol. The summed E-state index contributed by atoms with van der Waals surface area (Å²) in [5, 5.41) is 3.61. The molecule has 1 aromatic carbocycles. The van der Waals surface area contributed by atoms with Crippen LogP contribution >= 0.6 is 0 Å². The molecule has 1 saturated heterocycles. The highest BCUT2D eigenvalue weighted by atomic mass is 19.4. The average molecular weight is 482 g/mol. The Morgan fingerprint density at radius 1 is 1.12 bits per heavy atom. The predicted molar refractivity (Wildman–Crippen MR) is 124 cm³/mol. The fraction of sp³-hybridized carbons (Fsp3) is 0.560. The van der Waals surface area contributed by atoms with E-state index >= 15 is 0 Å². The fourth-order valence-corrected chi connectivity index (χ4v) is 5.26. The number of halogens is 3. The van der Waals surface area contributed by atoms with E-state index < -0.39 is 22.9 Å². The number of rotatable bonds is 4. The van der Waals surface area contributed by atoms with Gasteiger partial charge in [-0.2, -0.15) is 13.2 Å². The van der Waals surface area contributed by atoms with Crippen LogP contribution in [0.3, 0.4) is 0 Å². The molecule has 0 bridgehead atoms. The third-order valence-corrected chi connectivity index (χ3v) is 6.57. The van der Waals surface area contributed by atoms with Gasteiger partial charge in [-0.15, -0.1) is 0 Å². The van der Waals surface area contributed by atoms with E-state index in [1.165, 1.54) is 17.7 Å². The number of hydrogen-bond acceptors (Lipinski definition) is 4. The van der Waals surface area contributed by atoms with Crippen molar-refractivity contribution in [1.82, 2.24) is 14.8 Å². The Morgan fingerprint density at radius 3 is 2.38 bits per heavy atom. The summed E-state index contributed by atoms with van der Waals surface area (Å²) in [7, 11) is 1.53. The second-order valence-electron chi connectivity index (χ2n) is 10.1. The number of nitrogens with zero attached hydrogens (tertiary/aromatic N) is 2. The van der Waals surface area contributed by atoms with Crippen LogP contribution in [-0.4, -0.2) is 47.2 Å². The van der Waals surface area contributed by atoms with Crippen LogP contribution < -0.4 is 14.8 Å². The zero-order valence-electron chi connectivity index (χ0n) is 20.3. The van der Waals surface area contributed by atoms with Crippen molar-refractivity contribution >= 4 is 5.91 Å². The Balaban J connectivity index is 0.00000342. The Kier molecular flexibility index (Phi) is 6.12. The fourth-order valence-electron chi connectivity index (χ4n) is 5.26. The van der Waals surface area contributed by atoms with Gasteiger partial charge in [0.05, 0.1) is 18.8 Å². The van der Waals surface area contributed by atoms with Crippen molar-refractivity contribution in [3.63, 3.8) is 0 Å². The molecule has 3 heterocycles. The van der Waals surface area contributed by atoms with Gasteiger partial charge < -0.3 is 18.9 Å². The largest absolute Gasteiger partial charge is 0.493 e. The zero-order valence-corrected chi connectivity index (χ0v) is 20.3. The number of aromatic nitrogens is 1. The molecule has 4 rings (SSSR count). The maximum absolute atomic E-state index is 13.6. The Hall–Kier alpha value is -2.68. The SMILES string of the molecule is COc1cc(C(=O)N2CCC3(CC2)NC(C)(C)Cn2c(C(F)(F)F)ccc23)ccc1OC(C)C.[HH]. The lowest BCUT2D eigenvalue weighted by Gasteiger charge is -2.51. The molecule has 2 aromatic rings. The smallest absolute Gasteiger partial charge is 0.431 e. The van der Waals surface area contributed by atoms with Gasteiger partial charge in [-0.05, 0) is 70.9 Å². The molecule has 0 saturated carbocycles. The van der Waals surface area contributed by atoms with E-state index in [2.05, 4.69) is 5.32 Å². The first-order chi connectivity index (χ1) is 15.8. The number of hydrogen-bond donors (Lipinski definition) is 1. The van der Waals surface area contributed by atoms with Crippen LogP contribution in [0.2, 0.25) is 0 Å². The van der Waals surface area contributed by atoms with Crippen molar-refractivity contribution in [2.45, 2.75) is 70.4 Å². The van der Waals surface area contributed by atoms with Gasteiger partial charge in [-0.1, -0.05) is 0 Å². The Bertz CT molecular complexity index is 1070. The summed E-state index contributed by atoms with van der Waals surface area (Å²) in [6.45, 7) is 8.76. The number of ether oxygens (including phenoxy) is 2. The molecule has 1 N–H and O–H groups in total. The second kappa shape index (κ2) is 8.52. The van der Waals surface area contributed by atoms with E-state index in [0.717, 1.165) is 0 Å². The molecule has 2 aliphatic rings. The number of fused-ring (bicyclic) bond motifs is 2. The topological polar surface area (TPSA) is 55.7 Å². The molecule has 0 unspecified atom stereocenters. The van der Waals surface area contributed by atoms with Gasteiger partial charge in [-0.25, -0.2) is 0 Å². The predicted octanol–water partition coefficient (Wildman–Crippen LogP) is 5.06. The molecule has 0 aliphatic carbocycles. The molecule has 1 spiro atoms. The van der Waals surface area contributed by atoms with Gasteiger partial charge in [0.15, 0.2) is 11.5 Å². The number of alkyl halides is 3. The highest BCUT2D eigenvalue weighted by Gasteiger charge is 2.48. The van der Waals surface area contributed by atoms with E-state index in [1.54, 1.807) is 29.2 Å². The molecule has 1 aromatic heterocycles. The molecule has 9 heteroatoms. The van der Waals surface area contributed by atoms with Crippen LogP contribution in [0, 0.1) is 0 Å². The third-order valence-electron chi connectivity index (χ3n) is 6.57. The summed E-state index contributed by atoms with van der Waals surface area (Å²) in [6.07, 6.45) is -3.39. The minimum absolute atomic E-state index is 0. The van der Waals surface area contributed by atoms with E-state index in [-0.39, 0.29) is 20.0 Å². The maximum atomic E-state index is 13.6. The molecule has 2 aliphatic heterocycles. The van der Waals surface area contributed by atoms with Crippen molar-refractivity contribution in [1.29, 1.82) is 0 Å².